The van der Waals surface area contributed by atoms with Crippen LogP contribution in [0.1, 0.15) is 19.8 Å². The van der Waals surface area contributed by atoms with Crippen LogP contribution in [0.2, 0.25) is 0 Å². The molecule has 0 spiro atoms. The van der Waals surface area contributed by atoms with Crippen LogP contribution in [0.3, 0.4) is 0 Å². The van der Waals surface area contributed by atoms with Gasteiger partial charge in [-0.05, 0) is 37.1 Å². The molecule has 4 heteroatoms. The highest BCUT2D eigenvalue weighted by atomic mass is 19.1. The number of hydrogen-bond donors (Lipinski definition) is 0. The monoisotopic (exact) mass is 237 g/mol. The molecule has 3 nitrogen and oxygen atoms in total. The molecule has 0 saturated carbocycles. The Balaban J connectivity index is 2.21. The lowest BCUT2D eigenvalue weighted by Crippen LogP contribution is -2.42. The van der Waals surface area contributed by atoms with Gasteiger partial charge < -0.3 is 9.64 Å². The summed E-state index contributed by atoms with van der Waals surface area (Å²) in [5, 5.41) is 0. The lowest BCUT2D eigenvalue weighted by Gasteiger charge is -2.33. The van der Waals surface area contributed by atoms with Crippen LogP contribution in [0.15, 0.2) is 24.3 Å². The lowest BCUT2D eigenvalue weighted by molar-refractivity contribution is -0.117. The van der Waals surface area contributed by atoms with Gasteiger partial charge in [0.2, 0.25) is 5.91 Å². The quantitative estimate of drug-likeness (QED) is 0.790. The van der Waals surface area contributed by atoms with E-state index in [9.17, 15) is 9.18 Å². The average Bonchev–Trinajstić information content (AvgIpc) is 2.33. The predicted octanol–water partition coefficient (Wildman–Crippen LogP) is 2.36. The smallest absolute Gasteiger partial charge is 0.224 e. The second kappa shape index (κ2) is 5.27. The van der Waals surface area contributed by atoms with Crippen LogP contribution < -0.4 is 4.90 Å². The van der Waals surface area contributed by atoms with Gasteiger partial charge in [-0.25, -0.2) is 4.39 Å². The fourth-order valence-electron chi connectivity index (χ4n) is 2.19. The molecule has 0 N–H and O–H groups in total. The summed E-state index contributed by atoms with van der Waals surface area (Å²) >= 11 is 0. The number of nitrogens with zero attached hydrogens (tertiary/aromatic N) is 1. The molecule has 0 atom stereocenters. The number of carbonyl (C=O) groups excluding carboxylic acids is 1. The number of ether oxygens (including phenoxy) is 1. The van der Waals surface area contributed by atoms with E-state index in [4.69, 9.17) is 4.74 Å². The van der Waals surface area contributed by atoms with Gasteiger partial charge in [-0.3, -0.25) is 4.79 Å². The molecule has 0 unspecified atom stereocenters. The van der Waals surface area contributed by atoms with Crippen molar-refractivity contribution in [2.75, 3.05) is 18.1 Å². The molecule has 1 amide bonds. The zero-order valence-corrected chi connectivity index (χ0v) is 9.86. The number of halogens is 1. The van der Waals surface area contributed by atoms with Crippen molar-refractivity contribution in [3.8, 4) is 0 Å². The molecule has 0 bridgehead atoms. The summed E-state index contributed by atoms with van der Waals surface area (Å²) < 4.78 is 18.2. The van der Waals surface area contributed by atoms with E-state index in [1.807, 2.05) is 0 Å². The number of anilines is 1. The van der Waals surface area contributed by atoms with Crippen molar-refractivity contribution in [3.63, 3.8) is 0 Å². The van der Waals surface area contributed by atoms with Crippen molar-refractivity contribution in [3.05, 3.63) is 30.1 Å². The number of amides is 1. The topological polar surface area (TPSA) is 29.5 Å². The van der Waals surface area contributed by atoms with Crippen molar-refractivity contribution < 1.29 is 13.9 Å². The maximum atomic E-state index is 12.9. The molecule has 17 heavy (non-hydrogen) atoms. The molecule has 2 rings (SSSR count). The molecular weight excluding hydrogens is 221 g/mol. The van der Waals surface area contributed by atoms with E-state index in [0.717, 1.165) is 18.5 Å². The summed E-state index contributed by atoms with van der Waals surface area (Å²) in [4.78, 5) is 13.5. The minimum absolute atomic E-state index is 0.0106. The molecule has 92 valence electrons. The molecule has 1 aliphatic heterocycles. The first-order valence-corrected chi connectivity index (χ1v) is 5.81. The number of rotatable bonds is 2. The summed E-state index contributed by atoms with van der Waals surface area (Å²) in [6, 6.07) is 6.21. The standard InChI is InChI=1S/C13H16FNO2/c1-10(16)15(13-6-8-17-9-7-13)12-4-2-11(14)3-5-12/h2-5,13H,6-9H2,1H3. The zero-order valence-electron chi connectivity index (χ0n) is 9.86. The SMILES string of the molecule is CC(=O)N(c1ccc(F)cc1)C1CCOCC1. The van der Waals surface area contributed by atoms with Gasteiger partial charge in [0, 0.05) is 31.9 Å². The highest BCUT2D eigenvalue weighted by molar-refractivity contribution is 5.92. The third-order valence-electron chi connectivity index (χ3n) is 3.00. The van der Waals surface area contributed by atoms with Gasteiger partial charge >= 0.3 is 0 Å². The van der Waals surface area contributed by atoms with Gasteiger partial charge in [-0.1, -0.05) is 0 Å². The minimum atomic E-state index is -0.288. The van der Waals surface area contributed by atoms with E-state index in [1.54, 1.807) is 24.0 Å². The first-order chi connectivity index (χ1) is 8.18. The van der Waals surface area contributed by atoms with Crippen molar-refractivity contribution in [2.24, 2.45) is 0 Å². The highest BCUT2D eigenvalue weighted by Crippen LogP contribution is 2.23. The van der Waals surface area contributed by atoms with E-state index in [-0.39, 0.29) is 17.8 Å². The van der Waals surface area contributed by atoms with Gasteiger partial charge in [0.1, 0.15) is 5.82 Å². The summed E-state index contributed by atoms with van der Waals surface area (Å²) in [6.45, 7) is 2.89. The Morgan fingerprint density at radius 1 is 1.29 bits per heavy atom. The largest absolute Gasteiger partial charge is 0.381 e. The van der Waals surface area contributed by atoms with Crippen molar-refractivity contribution in [1.29, 1.82) is 0 Å². The third-order valence-corrected chi connectivity index (χ3v) is 3.00. The Kier molecular flexibility index (Phi) is 3.74. The molecule has 0 aromatic heterocycles. The molecule has 1 aromatic rings. The maximum Gasteiger partial charge on any atom is 0.224 e. The Morgan fingerprint density at radius 3 is 2.41 bits per heavy atom. The molecular formula is C13H16FNO2. The fraction of sp³-hybridized carbons (Fsp3) is 0.462. The molecule has 0 radical (unpaired) electrons. The summed E-state index contributed by atoms with van der Waals surface area (Å²) in [7, 11) is 0. The van der Waals surface area contributed by atoms with Crippen molar-refractivity contribution >= 4 is 11.6 Å². The van der Waals surface area contributed by atoms with Crippen LogP contribution in [-0.2, 0) is 9.53 Å². The van der Waals surface area contributed by atoms with E-state index >= 15 is 0 Å². The predicted molar refractivity (Wildman–Crippen MR) is 63.4 cm³/mol. The van der Waals surface area contributed by atoms with Gasteiger partial charge in [-0.15, -0.1) is 0 Å². The first kappa shape index (κ1) is 12.0. The molecule has 1 saturated heterocycles. The summed E-state index contributed by atoms with van der Waals surface area (Å²) in [5.41, 5.74) is 0.755. The van der Waals surface area contributed by atoms with E-state index < -0.39 is 0 Å². The third kappa shape index (κ3) is 2.82. The number of hydrogen-bond acceptors (Lipinski definition) is 2. The summed E-state index contributed by atoms with van der Waals surface area (Å²) in [5.74, 6) is -0.298. The molecule has 1 fully saturated rings. The zero-order chi connectivity index (χ0) is 12.3. The normalized spacial score (nSPS) is 16.8. The average molecular weight is 237 g/mol. The highest BCUT2D eigenvalue weighted by Gasteiger charge is 2.24. The van der Waals surface area contributed by atoms with Crippen LogP contribution in [-0.4, -0.2) is 25.2 Å². The van der Waals surface area contributed by atoms with Gasteiger partial charge in [0.15, 0.2) is 0 Å². The van der Waals surface area contributed by atoms with Crippen LogP contribution in [0.4, 0.5) is 10.1 Å². The minimum Gasteiger partial charge on any atom is -0.381 e. The van der Waals surface area contributed by atoms with E-state index in [0.29, 0.717) is 13.2 Å². The van der Waals surface area contributed by atoms with Crippen LogP contribution in [0.5, 0.6) is 0 Å². The van der Waals surface area contributed by atoms with Gasteiger partial charge in [-0.2, -0.15) is 0 Å². The number of benzene rings is 1. The molecule has 1 aromatic carbocycles. The molecule has 0 aliphatic carbocycles. The fourth-order valence-corrected chi connectivity index (χ4v) is 2.19. The number of carbonyl (C=O) groups is 1. The second-order valence-corrected chi connectivity index (χ2v) is 4.21. The Bertz CT molecular complexity index is 385. The Hall–Kier alpha value is -1.42. The molecule has 1 heterocycles. The maximum absolute atomic E-state index is 12.9. The van der Waals surface area contributed by atoms with E-state index in [2.05, 4.69) is 0 Å². The van der Waals surface area contributed by atoms with Gasteiger partial charge in [0.25, 0.3) is 0 Å². The second-order valence-electron chi connectivity index (χ2n) is 4.21. The van der Waals surface area contributed by atoms with Crippen LogP contribution in [0.25, 0.3) is 0 Å². The Morgan fingerprint density at radius 2 is 1.88 bits per heavy atom. The Labute approximate surface area is 100 Å². The van der Waals surface area contributed by atoms with Gasteiger partial charge in [0.05, 0.1) is 0 Å². The van der Waals surface area contributed by atoms with E-state index in [1.165, 1.54) is 12.1 Å². The summed E-state index contributed by atoms with van der Waals surface area (Å²) in [6.07, 6.45) is 1.66. The lowest BCUT2D eigenvalue weighted by atomic mass is 10.1. The molecule has 1 aliphatic rings. The van der Waals surface area contributed by atoms with Crippen LogP contribution in [0, 0.1) is 5.82 Å². The van der Waals surface area contributed by atoms with Crippen LogP contribution >= 0.6 is 0 Å². The first-order valence-electron chi connectivity index (χ1n) is 5.81. The van der Waals surface area contributed by atoms with Crippen molar-refractivity contribution in [2.45, 2.75) is 25.8 Å². The van der Waals surface area contributed by atoms with Crippen molar-refractivity contribution in [1.82, 2.24) is 0 Å².